The second-order valence-corrected chi connectivity index (χ2v) is 2.36. The van der Waals surface area contributed by atoms with Crippen LogP contribution in [0.25, 0.3) is 0 Å². The molecule has 0 aromatic heterocycles. The maximum atomic E-state index is 4.26. The third kappa shape index (κ3) is 6.64. The first-order chi connectivity index (χ1) is 5.00. The van der Waals surface area contributed by atoms with E-state index in [1.807, 2.05) is 0 Å². The van der Waals surface area contributed by atoms with Crippen molar-refractivity contribution in [1.82, 2.24) is 0 Å². The van der Waals surface area contributed by atoms with Gasteiger partial charge in [-0.1, -0.05) is 32.1 Å². The zero-order chi connectivity index (χ0) is 7.66. The SMILES string of the molecule is [C-]1=CCCCCCC1.[Cl][Ni]. The molecule has 0 atom stereocenters. The predicted octanol–water partition coefficient (Wildman–Crippen LogP) is 3.39. The molecule has 0 amide bonds. The van der Waals surface area contributed by atoms with Crippen molar-refractivity contribution in [2.75, 3.05) is 0 Å². The van der Waals surface area contributed by atoms with Crippen LogP contribution >= 0.6 is 10.2 Å². The molecular weight excluding hydrogens is 190 g/mol. The minimum absolute atomic E-state index is 1.19. The van der Waals surface area contributed by atoms with Crippen LogP contribution in [0.2, 0.25) is 0 Å². The van der Waals surface area contributed by atoms with Gasteiger partial charge >= 0.3 is 24.8 Å². The molecule has 0 aromatic carbocycles. The third-order valence-corrected chi connectivity index (χ3v) is 1.56. The summed E-state index contributed by atoms with van der Waals surface area (Å²) in [6.07, 6.45) is 13.5. The summed E-state index contributed by atoms with van der Waals surface area (Å²) in [4.78, 5) is 0. The van der Waals surface area contributed by atoms with Gasteiger partial charge in [-0.05, 0) is 0 Å². The van der Waals surface area contributed by atoms with Crippen LogP contribution in [-0.2, 0) is 14.6 Å². The summed E-state index contributed by atoms with van der Waals surface area (Å²) in [5.74, 6) is 0. The first-order valence-electron chi connectivity index (χ1n) is 3.67. The Labute approximate surface area is 75.7 Å². The van der Waals surface area contributed by atoms with E-state index in [9.17, 15) is 0 Å². The number of hydrogen-bond donors (Lipinski definition) is 0. The summed E-state index contributed by atoms with van der Waals surface area (Å²) in [5, 5.41) is 0. The van der Waals surface area contributed by atoms with E-state index in [2.05, 4.69) is 36.9 Å². The van der Waals surface area contributed by atoms with Crippen LogP contribution in [0.4, 0.5) is 0 Å². The summed E-state index contributed by atoms with van der Waals surface area (Å²) in [5.41, 5.74) is 0. The van der Waals surface area contributed by atoms with E-state index < -0.39 is 0 Å². The van der Waals surface area contributed by atoms with Crippen molar-refractivity contribution in [3.8, 4) is 0 Å². The Kier molecular flexibility index (Phi) is 10.0. The van der Waals surface area contributed by atoms with Crippen molar-refractivity contribution >= 4 is 10.2 Å². The molecule has 1 rings (SSSR count). The van der Waals surface area contributed by atoms with Gasteiger partial charge < -0.3 is 6.08 Å². The summed E-state index contributed by atoms with van der Waals surface area (Å²) in [6.45, 7) is 0. The topological polar surface area (TPSA) is 0 Å². The fourth-order valence-electron chi connectivity index (χ4n) is 1.03. The molecule has 0 saturated heterocycles. The van der Waals surface area contributed by atoms with E-state index in [1.165, 1.54) is 38.5 Å². The zero-order valence-electron chi connectivity index (χ0n) is 6.01. The van der Waals surface area contributed by atoms with Gasteiger partial charge in [-0.3, -0.25) is 6.08 Å². The summed E-state index contributed by atoms with van der Waals surface area (Å²) >= 11 is 3.35. The zero-order valence-corrected chi connectivity index (χ0v) is 7.76. The molecule has 0 heterocycles. The summed E-state index contributed by atoms with van der Waals surface area (Å²) < 4.78 is 0. The van der Waals surface area contributed by atoms with Gasteiger partial charge in [0, 0.05) is 0 Å². The Morgan fingerprint density at radius 1 is 1.10 bits per heavy atom. The fraction of sp³-hybridized carbons (Fsp3) is 0.750. The van der Waals surface area contributed by atoms with Crippen molar-refractivity contribution < 1.29 is 14.6 Å². The van der Waals surface area contributed by atoms with E-state index in [0.29, 0.717) is 0 Å². The molecule has 10 heavy (non-hydrogen) atoms. The van der Waals surface area contributed by atoms with Gasteiger partial charge in [-0.25, -0.2) is 0 Å². The van der Waals surface area contributed by atoms with E-state index in [-0.39, 0.29) is 0 Å². The number of halogens is 1. The van der Waals surface area contributed by atoms with Crippen LogP contribution in [0.5, 0.6) is 0 Å². The molecule has 0 aliphatic heterocycles. The maximum absolute atomic E-state index is 4.26. The van der Waals surface area contributed by atoms with E-state index in [0.717, 1.165) is 0 Å². The Morgan fingerprint density at radius 2 is 1.80 bits per heavy atom. The average Bonchev–Trinajstić information content (AvgIpc) is 1.90. The number of rotatable bonds is 0. The van der Waals surface area contributed by atoms with Crippen molar-refractivity contribution in [1.29, 1.82) is 0 Å². The van der Waals surface area contributed by atoms with Gasteiger partial charge in [-0.2, -0.15) is 6.42 Å². The van der Waals surface area contributed by atoms with Gasteiger partial charge in [0.15, 0.2) is 0 Å². The van der Waals surface area contributed by atoms with Crippen LogP contribution in [0.1, 0.15) is 38.5 Å². The molecular formula is C8H13ClNi-. The standard InChI is InChI=1S/C8H13.ClH.Ni/c1-2-4-6-8-7-5-3-1;;/h1H,2,4-8H2;1H;/q-1;;+1/p-1. The molecule has 1 aliphatic rings. The molecule has 0 aromatic rings. The molecule has 0 saturated carbocycles. The Balaban J connectivity index is 0.000000371. The monoisotopic (exact) mass is 202 g/mol. The second-order valence-electron chi connectivity index (χ2n) is 2.36. The summed E-state index contributed by atoms with van der Waals surface area (Å²) in [7, 11) is 4.26. The Bertz CT molecular complexity index is 71.3. The number of allylic oxidation sites excluding steroid dienone is 2. The molecule has 0 radical (unpaired) electrons. The minimum atomic E-state index is 1.19. The van der Waals surface area contributed by atoms with Gasteiger partial charge in [0.05, 0.1) is 0 Å². The third-order valence-electron chi connectivity index (χ3n) is 1.56. The van der Waals surface area contributed by atoms with Crippen LogP contribution in [-0.4, -0.2) is 0 Å². The van der Waals surface area contributed by atoms with E-state index >= 15 is 0 Å². The molecule has 1 aliphatic carbocycles. The predicted molar refractivity (Wildman–Crippen MR) is 41.4 cm³/mol. The van der Waals surface area contributed by atoms with Crippen LogP contribution in [0.3, 0.4) is 0 Å². The van der Waals surface area contributed by atoms with Gasteiger partial charge in [0.2, 0.25) is 0 Å². The van der Waals surface area contributed by atoms with Crippen LogP contribution in [0.15, 0.2) is 6.08 Å². The molecule has 0 unspecified atom stereocenters. The Morgan fingerprint density at radius 3 is 2.60 bits per heavy atom. The van der Waals surface area contributed by atoms with Crippen LogP contribution in [0, 0.1) is 6.08 Å². The van der Waals surface area contributed by atoms with Crippen molar-refractivity contribution in [2.45, 2.75) is 38.5 Å². The molecule has 2 heteroatoms. The quantitative estimate of drug-likeness (QED) is 0.418. The van der Waals surface area contributed by atoms with Crippen LogP contribution < -0.4 is 0 Å². The van der Waals surface area contributed by atoms with E-state index in [1.54, 1.807) is 0 Å². The number of hydrogen-bond acceptors (Lipinski definition) is 0. The second kappa shape index (κ2) is 9.52. The average molecular weight is 203 g/mol. The first kappa shape index (κ1) is 10.5. The molecule has 0 N–H and O–H groups in total. The molecule has 63 valence electrons. The van der Waals surface area contributed by atoms with Crippen molar-refractivity contribution in [3.05, 3.63) is 12.2 Å². The van der Waals surface area contributed by atoms with Gasteiger partial charge in [-0.15, -0.1) is 0 Å². The molecule has 0 nitrogen and oxygen atoms in total. The molecule has 0 spiro atoms. The van der Waals surface area contributed by atoms with Gasteiger partial charge in [0.25, 0.3) is 0 Å². The van der Waals surface area contributed by atoms with Gasteiger partial charge in [0.1, 0.15) is 0 Å². The molecule has 0 fully saturated rings. The summed E-state index contributed by atoms with van der Waals surface area (Å²) in [6, 6.07) is 0. The molecule has 0 bridgehead atoms. The Hall–Kier alpha value is 0.524. The van der Waals surface area contributed by atoms with Crippen molar-refractivity contribution in [3.63, 3.8) is 0 Å². The normalized spacial score (nSPS) is 18.3. The first-order valence-corrected chi connectivity index (χ1v) is 5.03. The van der Waals surface area contributed by atoms with Crippen molar-refractivity contribution in [2.24, 2.45) is 0 Å². The van der Waals surface area contributed by atoms with E-state index in [4.69, 9.17) is 0 Å². The fourth-order valence-corrected chi connectivity index (χ4v) is 1.03.